The third kappa shape index (κ3) is 2.76. The average Bonchev–Trinajstić information content (AvgIpc) is 2.75. The van der Waals surface area contributed by atoms with Gasteiger partial charge in [-0.25, -0.2) is 9.97 Å². The predicted octanol–water partition coefficient (Wildman–Crippen LogP) is 1.96. The highest BCUT2D eigenvalue weighted by molar-refractivity contribution is 9.10. The van der Waals surface area contributed by atoms with E-state index in [1.165, 1.54) is 0 Å². The lowest BCUT2D eigenvalue weighted by atomic mass is 10.4. The highest BCUT2D eigenvalue weighted by Crippen LogP contribution is 2.19. The molecule has 17 heavy (non-hydrogen) atoms. The molecule has 0 aliphatic heterocycles. The monoisotopic (exact) mass is 298 g/mol. The molecule has 0 aliphatic rings. The van der Waals surface area contributed by atoms with Crippen molar-refractivity contribution in [2.45, 2.75) is 6.42 Å². The molecule has 0 atom stereocenters. The van der Waals surface area contributed by atoms with E-state index in [1.807, 2.05) is 23.8 Å². The lowest BCUT2D eigenvalue weighted by Gasteiger charge is -2.18. The highest BCUT2D eigenvalue weighted by atomic mass is 79.9. The zero-order valence-electron chi connectivity index (χ0n) is 9.93. The third-order valence-corrected chi connectivity index (χ3v) is 2.91. The molecule has 5 nitrogen and oxygen atoms in total. The van der Waals surface area contributed by atoms with E-state index in [0.29, 0.717) is 0 Å². The van der Waals surface area contributed by atoms with Gasteiger partial charge in [-0.1, -0.05) is 0 Å². The molecule has 92 valence electrons. The van der Waals surface area contributed by atoms with Crippen molar-refractivity contribution in [1.82, 2.24) is 14.4 Å². The number of aromatic nitrogens is 3. The Morgan fingerprint density at radius 2 is 2.35 bits per heavy atom. The van der Waals surface area contributed by atoms with Gasteiger partial charge in [-0.05, 0) is 22.4 Å². The molecular weight excluding hydrogens is 284 g/mol. The summed E-state index contributed by atoms with van der Waals surface area (Å²) in [6, 6.07) is 0. The van der Waals surface area contributed by atoms with Crippen LogP contribution < -0.4 is 4.90 Å². The van der Waals surface area contributed by atoms with E-state index in [1.54, 1.807) is 13.3 Å². The summed E-state index contributed by atoms with van der Waals surface area (Å²) in [7, 11) is 3.73. The Hall–Kier alpha value is -1.14. The topological polar surface area (TPSA) is 42.7 Å². The van der Waals surface area contributed by atoms with Gasteiger partial charge in [0.15, 0.2) is 11.5 Å². The number of rotatable bonds is 5. The molecule has 2 aromatic rings. The number of hydrogen-bond acceptors (Lipinski definition) is 4. The van der Waals surface area contributed by atoms with Crippen LogP contribution in [0.3, 0.4) is 0 Å². The SMILES string of the molecule is COCCCN(C)c1nc(Br)cn2ccnc12. The average molecular weight is 299 g/mol. The molecule has 0 bridgehead atoms. The van der Waals surface area contributed by atoms with E-state index in [-0.39, 0.29) is 0 Å². The predicted molar refractivity (Wildman–Crippen MR) is 70.5 cm³/mol. The van der Waals surface area contributed by atoms with Gasteiger partial charge in [0.05, 0.1) is 0 Å². The molecule has 2 rings (SSSR count). The van der Waals surface area contributed by atoms with E-state index in [4.69, 9.17) is 4.74 Å². The smallest absolute Gasteiger partial charge is 0.180 e. The Labute approximate surface area is 109 Å². The number of anilines is 1. The molecular formula is C11H15BrN4O. The first kappa shape index (κ1) is 12.3. The van der Waals surface area contributed by atoms with Crippen molar-refractivity contribution in [3.05, 3.63) is 23.2 Å². The van der Waals surface area contributed by atoms with Crippen molar-refractivity contribution in [1.29, 1.82) is 0 Å². The molecule has 0 N–H and O–H groups in total. The van der Waals surface area contributed by atoms with E-state index in [9.17, 15) is 0 Å². The fourth-order valence-electron chi connectivity index (χ4n) is 1.69. The van der Waals surface area contributed by atoms with Crippen LogP contribution in [-0.2, 0) is 4.74 Å². The molecule has 6 heteroatoms. The maximum Gasteiger partial charge on any atom is 0.180 e. The van der Waals surface area contributed by atoms with Crippen molar-refractivity contribution < 1.29 is 4.74 Å². The number of nitrogens with zero attached hydrogens (tertiary/aromatic N) is 4. The standard InChI is InChI=1S/C11H15BrN4O/c1-15(5-3-7-17-2)11-10-13-4-6-16(10)8-9(12)14-11/h4,6,8H,3,5,7H2,1-2H3. The molecule has 0 fully saturated rings. The van der Waals surface area contributed by atoms with Gasteiger partial charge >= 0.3 is 0 Å². The summed E-state index contributed by atoms with van der Waals surface area (Å²) in [5, 5.41) is 0. The zero-order chi connectivity index (χ0) is 12.3. The second kappa shape index (κ2) is 5.46. The number of fused-ring (bicyclic) bond motifs is 1. The molecule has 0 unspecified atom stereocenters. The van der Waals surface area contributed by atoms with Crippen LogP contribution in [0.5, 0.6) is 0 Å². The summed E-state index contributed by atoms with van der Waals surface area (Å²) in [5.41, 5.74) is 0.869. The number of ether oxygens (including phenoxy) is 1. The molecule has 2 aromatic heterocycles. The van der Waals surface area contributed by atoms with Crippen LogP contribution >= 0.6 is 15.9 Å². The Balaban J connectivity index is 2.24. The van der Waals surface area contributed by atoms with Crippen LogP contribution in [0, 0.1) is 0 Å². The number of methoxy groups -OCH3 is 1. The molecule has 0 radical (unpaired) electrons. The van der Waals surface area contributed by atoms with Crippen LogP contribution in [0.4, 0.5) is 5.82 Å². The summed E-state index contributed by atoms with van der Waals surface area (Å²) in [6.07, 6.45) is 6.55. The van der Waals surface area contributed by atoms with Gasteiger partial charge in [-0.3, -0.25) is 0 Å². The van der Waals surface area contributed by atoms with Gasteiger partial charge in [0, 0.05) is 45.9 Å². The molecule has 0 aliphatic carbocycles. The molecule has 0 saturated heterocycles. The van der Waals surface area contributed by atoms with Crippen molar-refractivity contribution >= 4 is 27.4 Å². The van der Waals surface area contributed by atoms with Gasteiger partial charge in [-0.2, -0.15) is 0 Å². The van der Waals surface area contributed by atoms with Crippen LogP contribution in [0.2, 0.25) is 0 Å². The molecule has 0 aromatic carbocycles. The van der Waals surface area contributed by atoms with Crippen molar-refractivity contribution in [3.63, 3.8) is 0 Å². The van der Waals surface area contributed by atoms with E-state index in [2.05, 4.69) is 30.8 Å². The minimum absolute atomic E-state index is 0.753. The quantitative estimate of drug-likeness (QED) is 0.792. The first-order valence-electron chi connectivity index (χ1n) is 5.41. The highest BCUT2D eigenvalue weighted by Gasteiger charge is 2.10. The Morgan fingerprint density at radius 1 is 1.53 bits per heavy atom. The number of imidazole rings is 1. The first-order valence-corrected chi connectivity index (χ1v) is 6.21. The van der Waals surface area contributed by atoms with Gasteiger partial charge in [0.2, 0.25) is 0 Å². The summed E-state index contributed by atoms with van der Waals surface area (Å²) in [5.74, 6) is 0.875. The summed E-state index contributed by atoms with van der Waals surface area (Å²) in [6.45, 7) is 1.64. The lowest BCUT2D eigenvalue weighted by Crippen LogP contribution is -2.21. The normalized spacial score (nSPS) is 11.0. The van der Waals surface area contributed by atoms with Gasteiger partial charge in [-0.15, -0.1) is 0 Å². The second-order valence-corrected chi connectivity index (χ2v) is 4.63. The van der Waals surface area contributed by atoms with Gasteiger partial charge < -0.3 is 14.0 Å². The van der Waals surface area contributed by atoms with E-state index >= 15 is 0 Å². The minimum Gasteiger partial charge on any atom is -0.385 e. The van der Waals surface area contributed by atoms with Crippen LogP contribution in [0.15, 0.2) is 23.2 Å². The third-order valence-electron chi connectivity index (χ3n) is 2.53. The molecule has 2 heterocycles. The largest absolute Gasteiger partial charge is 0.385 e. The number of hydrogen-bond donors (Lipinski definition) is 0. The maximum atomic E-state index is 5.05. The number of halogens is 1. The molecule has 0 amide bonds. The van der Waals surface area contributed by atoms with E-state index < -0.39 is 0 Å². The Bertz CT molecular complexity index is 499. The summed E-state index contributed by atoms with van der Waals surface area (Å²) < 4.78 is 7.81. The summed E-state index contributed by atoms with van der Waals surface area (Å²) >= 11 is 3.41. The fourth-order valence-corrected chi connectivity index (χ4v) is 2.08. The fraction of sp³-hybridized carbons (Fsp3) is 0.455. The minimum atomic E-state index is 0.753. The van der Waals surface area contributed by atoms with Gasteiger partial charge in [0.1, 0.15) is 4.60 Å². The Kier molecular flexibility index (Phi) is 3.96. The van der Waals surface area contributed by atoms with Crippen molar-refractivity contribution in [2.24, 2.45) is 0 Å². The van der Waals surface area contributed by atoms with Crippen LogP contribution in [0.25, 0.3) is 5.65 Å². The van der Waals surface area contributed by atoms with Crippen molar-refractivity contribution in [2.75, 3.05) is 32.2 Å². The molecule has 0 spiro atoms. The van der Waals surface area contributed by atoms with Crippen molar-refractivity contribution in [3.8, 4) is 0 Å². The Morgan fingerprint density at radius 3 is 3.12 bits per heavy atom. The maximum absolute atomic E-state index is 5.05. The van der Waals surface area contributed by atoms with Crippen LogP contribution in [-0.4, -0.2) is 41.7 Å². The van der Waals surface area contributed by atoms with E-state index in [0.717, 1.165) is 35.6 Å². The zero-order valence-corrected chi connectivity index (χ0v) is 11.5. The molecule has 0 saturated carbocycles. The first-order chi connectivity index (χ1) is 8.22. The lowest BCUT2D eigenvalue weighted by molar-refractivity contribution is 0.196. The van der Waals surface area contributed by atoms with Gasteiger partial charge in [0.25, 0.3) is 0 Å². The van der Waals surface area contributed by atoms with Crippen LogP contribution in [0.1, 0.15) is 6.42 Å². The summed E-state index contributed by atoms with van der Waals surface area (Å²) in [4.78, 5) is 10.9. The second-order valence-electron chi connectivity index (χ2n) is 3.81.